The number of carbonyl (C=O) groups excluding carboxylic acids is 1. The highest BCUT2D eigenvalue weighted by Gasteiger charge is 2.24. The fourth-order valence-electron chi connectivity index (χ4n) is 4.33. The van der Waals surface area contributed by atoms with Gasteiger partial charge in [0.15, 0.2) is 0 Å². The summed E-state index contributed by atoms with van der Waals surface area (Å²) in [4.78, 5) is 15.8. The predicted molar refractivity (Wildman–Crippen MR) is 122 cm³/mol. The van der Waals surface area contributed by atoms with Gasteiger partial charge in [0.05, 0.1) is 0 Å². The van der Waals surface area contributed by atoms with Crippen molar-refractivity contribution in [2.75, 3.05) is 0 Å². The number of carbonyl (C=O) groups is 1. The number of aromatic amines is 1. The maximum Gasteiger partial charge on any atom is 0.249 e. The van der Waals surface area contributed by atoms with Crippen molar-refractivity contribution in [1.29, 1.82) is 0 Å². The molecule has 152 valence electrons. The molecule has 3 aromatic carbocycles. The van der Waals surface area contributed by atoms with E-state index in [2.05, 4.69) is 37.2 Å². The first-order valence-corrected chi connectivity index (χ1v) is 10.2. The molecule has 0 aliphatic carbocycles. The summed E-state index contributed by atoms with van der Waals surface area (Å²) in [5, 5.41) is 1.16. The van der Waals surface area contributed by atoms with Crippen molar-refractivity contribution in [2.24, 2.45) is 5.73 Å². The number of hydrogen-bond acceptors (Lipinski definition) is 2. The van der Waals surface area contributed by atoms with Gasteiger partial charge < -0.3 is 15.5 Å². The van der Waals surface area contributed by atoms with Crippen LogP contribution in [0.1, 0.15) is 39.5 Å². The maximum atomic E-state index is 12.4. The van der Waals surface area contributed by atoms with Gasteiger partial charge in [-0.2, -0.15) is 0 Å². The number of amides is 1. The molecular formula is C26H26N2O2. The van der Waals surface area contributed by atoms with Gasteiger partial charge in [-0.3, -0.25) is 4.79 Å². The second-order valence-corrected chi connectivity index (χ2v) is 7.52. The molecule has 0 unspecified atom stereocenters. The Balaban J connectivity index is 1.95. The lowest BCUT2D eigenvalue weighted by Crippen LogP contribution is -2.20. The molecule has 1 aromatic heterocycles. The first-order valence-electron chi connectivity index (χ1n) is 10.2. The number of fused-ring (bicyclic) bond motifs is 1. The highest BCUT2D eigenvalue weighted by atomic mass is 16.5. The lowest BCUT2D eigenvalue weighted by atomic mass is 9.83. The summed E-state index contributed by atoms with van der Waals surface area (Å²) in [6.45, 7) is 6.44. The van der Waals surface area contributed by atoms with Crippen molar-refractivity contribution in [2.45, 2.75) is 33.8 Å². The Bertz CT molecular complexity index is 1220. The third-order valence-corrected chi connectivity index (χ3v) is 5.87. The van der Waals surface area contributed by atoms with E-state index in [1.807, 2.05) is 49.4 Å². The summed E-state index contributed by atoms with van der Waals surface area (Å²) < 4.78 is 6.06. The third kappa shape index (κ3) is 3.35. The molecule has 1 amide bonds. The quantitative estimate of drug-likeness (QED) is 0.438. The summed E-state index contributed by atoms with van der Waals surface area (Å²) >= 11 is 0. The van der Waals surface area contributed by atoms with E-state index in [4.69, 9.17) is 10.5 Å². The van der Waals surface area contributed by atoms with Crippen molar-refractivity contribution in [3.63, 3.8) is 0 Å². The van der Waals surface area contributed by atoms with E-state index in [-0.39, 0.29) is 0 Å². The number of aromatic nitrogens is 1. The van der Waals surface area contributed by atoms with Crippen LogP contribution in [0.2, 0.25) is 0 Å². The van der Waals surface area contributed by atoms with Crippen molar-refractivity contribution in [1.82, 2.24) is 4.98 Å². The summed E-state index contributed by atoms with van der Waals surface area (Å²) in [6.07, 6.45) is 2.82. The predicted octanol–water partition coefficient (Wildman–Crippen LogP) is 5.69. The van der Waals surface area contributed by atoms with Gasteiger partial charge in [-0.1, -0.05) is 43.3 Å². The van der Waals surface area contributed by atoms with Crippen LogP contribution in [0.3, 0.4) is 0 Å². The van der Waals surface area contributed by atoms with Crippen LogP contribution in [0.25, 0.3) is 22.0 Å². The van der Waals surface area contributed by atoms with Crippen LogP contribution in [0.4, 0.5) is 0 Å². The Morgan fingerprint density at radius 1 is 0.967 bits per heavy atom. The zero-order valence-electron chi connectivity index (χ0n) is 17.6. The van der Waals surface area contributed by atoms with E-state index in [9.17, 15) is 4.79 Å². The fraction of sp³-hybridized carbons (Fsp3) is 0.192. The van der Waals surface area contributed by atoms with Crippen LogP contribution in [0.15, 0.2) is 60.8 Å². The Kier molecular flexibility index (Phi) is 5.32. The largest absolute Gasteiger partial charge is 0.489 e. The SMILES string of the molecule is CCc1c(COc2ccccc2)c(C(N)=O)c(C)c(C)c1-c1c[nH]c2ccccc12. The molecule has 30 heavy (non-hydrogen) atoms. The van der Waals surface area contributed by atoms with E-state index >= 15 is 0 Å². The minimum atomic E-state index is -0.414. The van der Waals surface area contributed by atoms with Crippen LogP contribution < -0.4 is 10.5 Å². The van der Waals surface area contributed by atoms with Gasteiger partial charge >= 0.3 is 0 Å². The van der Waals surface area contributed by atoms with Crippen molar-refractivity contribution < 1.29 is 9.53 Å². The molecule has 0 saturated heterocycles. The number of nitrogens with two attached hydrogens (primary N) is 1. The normalized spacial score (nSPS) is 11.0. The van der Waals surface area contributed by atoms with Crippen LogP contribution in [0.5, 0.6) is 5.75 Å². The van der Waals surface area contributed by atoms with Crippen LogP contribution in [-0.2, 0) is 13.0 Å². The topological polar surface area (TPSA) is 68.1 Å². The van der Waals surface area contributed by atoms with E-state index in [1.165, 1.54) is 0 Å². The molecule has 0 saturated carbocycles. The van der Waals surface area contributed by atoms with Gasteiger partial charge in [0, 0.05) is 33.8 Å². The average Bonchev–Trinajstić information content (AvgIpc) is 3.18. The number of benzene rings is 3. The second kappa shape index (κ2) is 8.07. The minimum absolute atomic E-state index is 0.294. The third-order valence-electron chi connectivity index (χ3n) is 5.87. The lowest BCUT2D eigenvalue weighted by molar-refractivity contribution is 0.0997. The smallest absolute Gasteiger partial charge is 0.249 e. The van der Waals surface area contributed by atoms with Gasteiger partial charge in [0.2, 0.25) is 5.91 Å². The Hall–Kier alpha value is -3.53. The summed E-state index contributed by atoms with van der Waals surface area (Å²) in [5.74, 6) is 0.351. The zero-order valence-corrected chi connectivity index (χ0v) is 17.6. The molecule has 0 aliphatic heterocycles. The zero-order chi connectivity index (χ0) is 21.3. The van der Waals surface area contributed by atoms with E-state index in [1.54, 1.807) is 0 Å². The molecule has 4 aromatic rings. The number of ether oxygens (including phenoxy) is 1. The molecule has 0 atom stereocenters. The van der Waals surface area contributed by atoms with E-state index in [0.29, 0.717) is 12.2 Å². The molecule has 4 nitrogen and oxygen atoms in total. The summed E-state index contributed by atoms with van der Waals surface area (Å²) in [7, 11) is 0. The van der Waals surface area contributed by atoms with Crippen LogP contribution in [-0.4, -0.2) is 10.9 Å². The number of hydrogen-bond donors (Lipinski definition) is 2. The fourth-order valence-corrected chi connectivity index (χ4v) is 4.33. The molecule has 0 radical (unpaired) electrons. The Morgan fingerprint density at radius 3 is 2.37 bits per heavy atom. The molecule has 4 rings (SSSR count). The summed E-state index contributed by atoms with van der Waals surface area (Å²) in [5.41, 5.74) is 13.8. The lowest BCUT2D eigenvalue weighted by Gasteiger charge is -2.22. The molecule has 1 heterocycles. The molecule has 4 heteroatoms. The number of primary amides is 1. The molecule has 0 spiro atoms. The number of H-pyrrole nitrogens is 1. The van der Waals surface area contributed by atoms with Gasteiger partial charge in [-0.15, -0.1) is 0 Å². The van der Waals surface area contributed by atoms with E-state index in [0.717, 1.165) is 56.5 Å². The monoisotopic (exact) mass is 398 g/mol. The maximum absolute atomic E-state index is 12.4. The number of para-hydroxylation sites is 2. The Morgan fingerprint density at radius 2 is 1.67 bits per heavy atom. The first kappa shape index (κ1) is 19.8. The Labute approximate surface area is 176 Å². The standard InChI is InChI=1S/C26H26N2O2/c1-4-19-22(15-30-18-10-6-5-7-11-18)25(26(27)29)17(3)16(2)24(19)21-14-28-23-13-9-8-12-20(21)23/h5-14,28H,4,15H2,1-3H3,(H2,27,29). The van der Waals surface area contributed by atoms with Crippen LogP contribution >= 0.6 is 0 Å². The molecule has 3 N–H and O–H groups in total. The minimum Gasteiger partial charge on any atom is -0.489 e. The second-order valence-electron chi connectivity index (χ2n) is 7.52. The highest BCUT2D eigenvalue weighted by Crippen LogP contribution is 2.39. The molecular weight excluding hydrogens is 372 g/mol. The molecule has 0 fully saturated rings. The highest BCUT2D eigenvalue weighted by molar-refractivity contribution is 6.01. The van der Waals surface area contributed by atoms with Gasteiger partial charge in [-0.25, -0.2) is 0 Å². The summed E-state index contributed by atoms with van der Waals surface area (Å²) in [6, 6.07) is 17.9. The van der Waals surface area contributed by atoms with Crippen molar-refractivity contribution in [3.8, 4) is 16.9 Å². The van der Waals surface area contributed by atoms with Crippen LogP contribution in [0, 0.1) is 13.8 Å². The van der Waals surface area contributed by atoms with E-state index < -0.39 is 5.91 Å². The van der Waals surface area contributed by atoms with Gasteiger partial charge in [0.25, 0.3) is 0 Å². The number of nitrogens with one attached hydrogen (secondary N) is 1. The average molecular weight is 399 g/mol. The first-order chi connectivity index (χ1) is 14.5. The molecule has 0 bridgehead atoms. The van der Waals surface area contributed by atoms with Crippen molar-refractivity contribution >= 4 is 16.8 Å². The van der Waals surface area contributed by atoms with Crippen molar-refractivity contribution in [3.05, 3.63) is 88.6 Å². The van der Waals surface area contributed by atoms with Gasteiger partial charge in [0.1, 0.15) is 12.4 Å². The molecule has 0 aliphatic rings. The van der Waals surface area contributed by atoms with Gasteiger partial charge in [-0.05, 0) is 60.7 Å². The number of rotatable bonds is 6.